The smallest absolute Gasteiger partial charge is 0.417 e. The molecule has 25 heavy (non-hydrogen) atoms. The van der Waals surface area contributed by atoms with Crippen LogP contribution >= 0.6 is 0 Å². The van der Waals surface area contributed by atoms with E-state index in [9.17, 15) is 9.59 Å². The number of hydrogen-bond donors (Lipinski definition) is 0. The van der Waals surface area contributed by atoms with Gasteiger partial charge in [0.2, 0.25) is 5.91 Å². The van der Waals surface area contributed by atoms with Gasteiger partial charge in [0.05, 0.1) is 5.92 Å². The second-order valence-electron chi connectivity index (χ2n) is 7.13. The minimum Gasteiger partial charge on any atom is -0.446 e. The number of imide groups is 1. The SMILES string of the molecule is C[C@H]1[C@@H](C(=O)N2C(=O)OC[C@@H]2c2ccccc2)[C@]1(C)c1ccccc1. The Kier molecular flexibility index (Phi) is 3.64. The van der Waals surface area contributed by atoms with Gasteiger partial charge in [-0.2, -0.15) is 0 Å². The van der Waals surface area contributed by atoms with E-state index in [4.69, 9.17) is 4.74 Å². The molecule has 1 saturated carbocycles. The van der Waals surface area contributed by atoms with E-state index in [0.29, 0.717) is 0 Å². The van der Waals surface area contributed by atoms with Gasteiger partial charge in [-0.3, -0.25) is 4.79 Å². The minimum atomic E-state index is -0.534. The van der Waals surface area contributed by atoms with Gasteiger partial charge in [-0.05, 0) is 17.0 Å². The molecule has 128 valence electrons. The van der Waals surface area contributed by atoms with Crippen LogP contribution in [0, 0.1) is 11.8 Å². The van der Waals surface area contributed by atoms with E-state index in [1.165, 1.54) is 4.90 Å². The first kappa shape index (κ1) is 15.9. The van der Waals surface area contributed by atoms with Crippen LogP contribution in [0.2, 0.25) is 0 Å². The zero-order valence-electron chi connectivity index (χ0n) is 14.4. The number of hydrogen-bond acceptors (Lipinski definition) is 3. The van der Waals surface area contributed by atoms with Crippen molar-refractivity contribution in [2.45, 2.75) is 25.3 Å². The van der Waals surface area contributed by atoms with E-state index in [1.54, 1.807) is 0 Å². The van der Waals surface area contributed by atoms with E-state index in [-0.39, 0.29) is 35.8 Å². The molecule has 0 N–H and O–H groups in total. The third kappa shape index (κ3) is 2.36. The quantitative estimate of drug-likeness (QED) is 0.854. The van der Waals surface area contributed by atoms with Crippen molar-refractivity contribution in [3.8, 4) is 0 Å². The molecule has 0 bridgehead atoms. The molecule has 4 nitrogen and oxygen atoms in total. The molecule has 1 saturated heterocycles. The molecule has 0 radical (unpaired) electrons. The molecule has 2 aliphatic rings. The molecule has 0 spiro atoms. The molecule has 4 rings (SSSR count). The molecule has 4 heteroatoms. The molecule has 1 aliphatic carbocycles. The van der Waals surface area contributed by atoms with E-state index < -0.39 is 6.09 Å². The Morgan fingerprint density at radius 2 is 1.68 bits per heavy atom. The fourth-order valence-electron chi connectivity index (χ4n) is 4.17. The molecular formula is C21H21NO3. The number of carbonyl (C=O) groups is 2. The fourth-order valence-corrected chi connectivity index (χ4v) is 4.17. The zero-order valence-corrected chi connectivity index (χ0v) is 14.4. The summed E-state index contributed by atoms with van der Waals surface area (Å²) in [4.78, 5) is 26.8. The molecular weight excluding hydrogens is 314 g/mol. The van der Waals surface area contributed by atoms with Crippen LogP contribution in [0.3, 0.4) is 0 Å². The molecule has 2 fully saturated rings. The largest absolute Gasteiger partial charge is 0.446 e. The number of cyclic esters (lactones) is 1. The van der Waals surface area contributed by atoms with Crippen molar-refractivity contribution < 1.29 is 14.3 Å². The summed E-state index contributed by atoms with van der Waals surface area (Å²) < 4.78 is 5.21. The lowest BCUT2D eigenvalue weighted by Crippen LogP contribution is -2.36. The second kappa shape index (κ2) is 5.73. The van der Waals surface area contributed by atoms with Crippen LogP contribution in [0.25, 0.3) is 0 Å². The summed E-state index contributed by atoms with van der Waals surface area (Å²) in [6.45, 7) is 4.40. The highest BCUT2D eigenvalue weighted by atomic mass is 16.6. The summed E-state index contributed by atoms with van der Waals surface area (Å²) in [6.07, 6.45) is -0.534. The van der Waals surface area contributed by atoms with Gasteiger partial charge in [-0.1, -0.05) is 74.5 Å². The van der Waals surface area contributed by atoms with E-state index in [1.807, 2.05) is 48.5 Å². The average Bonchev–Trinajstić information content (AvgIpc) is 3.00. The van der Waals surface area contributed by atoms with Gasteiger partial charge in [0.1, 0.15) is 12.6 Å². The molecule has 2 aromatic carbocycles. The zero-order chi connectivity index (χ0) is 17.6. The van der Waals surface area contributed by atoms with Gasteiger partial charge in [-0.15, -0.1) is 0 Å². The molecule has 1 heterocycles. The summed E-state index contributed by atoms with van der Waals surface area (Å²) in [7, 11) is 0. The molecule has 2 aromatic rings. The number of benzene rings is 2. The Balaban J connectivity index is 1.63. The van der Waals surface area contributed by atoms with Crippen LogP contribution in [0.1, 0.15) is 31.0 Å². The van der Waals surface area contributed by atoms with Gasteiger partial charge in [0.15, 0.2) is 0 Å². The lowest BCUT2D eigenvalue weighted by molar-refractivity contribution is -0.131. The van der Waals surface area contributed by atoms with Crippen molar-refractivity contribution in [3.63, 3.8) is 0 Å². The van der Waals surface area contributed by atoms with Crippen LogP contribution in [0.15, 0.2) is 60.7 Å². The summed E-state index contributed by atoms with van der Waals surface area (Å²) in [5.41, 5.74) is 1.84. The lowest BCUT2D eigenvalue weighted by atomic mass is 9.93. The van der Waals surface area contributed by atoms with E-state index >= 15 is 0 Å². The van der Waals surface area contributed by atoms with Crippen LogP contribution in [0.4, 0.5) is 4.79 Å². The number of ether oxygens (including phenoxy) is 1. The molecule has 0 unspecified atom stereocenters. The highest BCUT2D eigenvalue weighted by molar-refractivity contribution is 5.97. The highest BCUT2D eigenvalue weighted by Gasteiger charge is 2.65. The van der Waals surface area contributed by atoms with Crippen molar-refractivity contribution in [2.75, 3.05) is 6.61 Å². The second-order valence-corrected chi connectivity index (χ2v) is 7.13. The van der Waals surface area contributed by atoms with Crippen molar-refractivity contribution in [3.05, 3.63) is 71.8 Å². The predicted molar refractivity (Wildman–Crippen MR) is 93.8 cm³/mol. The number of amides is 2. The molecule has 0 aromatic heterocycles. The summed E-state index contributed by atoms with van der Waals surface area (Å²) in [5.74, 6) is -0.144. The van der Waals surface area contributed by atoms with Crippen molar-refractivity contribution >= 4 is 12.0 Å². The fraction of sp³-hybridized carbons (Fsp3) is 0.333. The maximum atomic E-state index is 13.2. The molecule has 2 amide bonds. The highest BCUT2D eigenvalue weighted by Crippen LogP contribution is 2.60. The van der Waals surface area contributed by atoms with Crippen molar-refractivity contribution in [1.82, 2.24) is 4.90 Å². The first-order chi connectivity index (χ1) is 12.0. The summed E-state index contributed by atoms with van der Waals surface area (Å²) >= 11 is 0. The molecule has 1 aliphatic heterocycles. The maximum absolute atomic E-state index is 13.2. The third-order valence-electron chi connectivity index (χ3n) is 5.94. The van der Waals surface area contributed by atoms with Crippen LogP contribution in [-0.4, -0.2) is 23.5 Å². The van der Waals surface area contributed by atoms with Crippen LogP contribution < -0.4 is 0 Å². The number of carbonyl (C=O) groups excluding carboxylic acids is 2. The predicted octanol–water partition coefficient (Wildman–Crippen LogP) is 3.93. The van der Waals surface area contributed by atoms with Gasteiger partial charge < -0.3 is 4.74 Å². The minimum absolute atomic E-state index is 0.129. The first-order valence-electron chi connectivity index (χ1n) is 8.65. The third-order valence-corrected chi connectivity index (χ3v) is 5.94. The van der Waals surface area contributed by atoms with Crippen molar-refractivity contribution in [1.29, 1.82) is 0 Å². The Bertz CT molecular complexity index is 804. The standard InChI is InChI=1S/C21H21NO3/c1-14-18(21(14,2)16-11-7-4-8-12-16)19(23)22-17(13-25-20(22)24)15-9-5-3-6-10-15/h3-12,14,17-18H,13H2,1-2H3/t14-,17+,18-,21-/m0/s1. The summed E-state index contributed by atoms with van der Waals surface area (Å²) in [5, 5.41) is 0. The maximum Gasteiger partial charge on any atom is 0.417 e. The van der Waals surface area contributed by atoms with Crippen LogP contribution in [0.5, 0.6) is 0 Å². The van der Waals surface area contributed by atoms with Gasteiger partial charge >= 0.3 is 6.09 Å². The lowest BCUT2D eigenvalue weighted by Gasteiger charge is -2.21. The molecule has 4 atom stereocenters. The van der Waals surface area contributed by atoms with Gasteiger partial charge in [0.25, 0.3) is 0 Å². The number of rotatable bonds is 3. The van der Waals surface area contributed by atoms with Crippen LogP contribution in [-0.2, 0) is 14.9 Å². The topological polar surface area (TPSA) is 46.6 Å². The monoisotopic (exact) mass is 335 g/mol. The summed E-state index contributed by atoms with van der Waals surface area (Å²) in [6, 6.07) is 19.3. The normalized spacial score (nSPS) is 30.9. The van der Waals surface area contributed by atoms with E-state index in [0.717, 1.165) is 11.1 Å². The van der Waals surface area contributed by atoms with E-state index in [2.05, 4.69) is 26.0 Å². The Morgan fingerprint density at radius 3 is 2.32 bits per heavy atom. The number of nitrogens with zero attached hydrogens (tertiary/aromatic N) is 1. The Labute approximate surface area is 147 Å². The average molecular weight is 335 g/mol. The Hall–Kier alpha value is -2.62. The first-order valence-corrected chi connectivity index (χ1v) is 8.65. The Morgan fingerprint density at radius 1 is 1.08 bits per heavy atom. The van der Waals surface area contributed by atoms with Gasteiger partial charge in [0, 0.05) is 5.41 Å². The van der Waals surface area contributed by atoms with Gasteiger partial charge in [-0.25, -0.2) is 9.69 Å². The van der Waals surface area contributed by atoms with Crippen molar-refractivity contribution in [2.24, 2.45) is 11.8 Å².